The van der Waals surface area contributed by atoms with E-state index in [0.29, 0.717) is 11.2 Å². The van der Waals surface area contributed by atoms with Crippen LogP contribution < -0.4 is 4.72 Å². The molecule has 0 atom stereocenters. The van der Waals surface area contributed by atoms with Gasteiger partial charge in [-0.1, -0.05) is 29.8 Å². The number of rotatable bonds is 3. The first-order valence-corrected chi connectivity index (χ1v) is 7.90. The van der Waals surface area contributed by atoms with Crippen molar-refractivity contribution in [1.29, 1.82) is 0 Å². The van der Waals surface area contributed by atoms with Crippen molar-refractivity contribution in [3.05, 3.63) is 60.0 Å². The Morgan fingerprint density at radius 3 is 2.67 bits per heavy atom. The minimum Gasteiger partial charge on any atom is -0.277 e. The third-order valence-corrected chi connectivity index (χ3v) is 4.74. The zero-order chi connectivity index (χ0) is 14.9. The van der Waals surface area contributed by atoms with Crippen LogP contribution >= 0.6 is 11.6 Å². The number of pyridine rings is 2. The zero-order valence-corrected chi connectivity index (χ0v) is 12.3. The molecule has 2 heterocycles. The Balaban J connectivity index is 2.08. The standard InChI is InChI=1S/C14H10ClN3O2S/c15-11-6-8-16-9-13(11)21(19,20)18-12-5-1-3-10-4-2-7-17-14(10)12/h1-9,18H. The van der Waals surface area contributed by atoms with Crippen LogP contribution in [0.1, 0.15) is 0 Å². The molecular weight excluding hydrogens is 310 g/mol. The van der Waals surface area contributed by atoms with Crippen LogP contribution in [0.25, 0.3) is 10.9 Å². The van der Waals surface area contributed by atoms with E-state index in [1.807, 2.05) is 12.1 Å². The van der Waals surface area contributed by atoms with Crippen molar-refractivity contribution in [2.24, 2.45) is 0 Å². The van der Waals surface area contributed by atoms with Gasteiger partial charge in [-0.2, -0.15) is 0 Å². The summed E-state index contributed by atoms with van der Waals surface area (Å²) in [5.74, 6) is 0. The number of anilines is 1. The van der Waals surface area contributed by atoms with Gasteiger partial charge in [0.15, 0.2) is 0 Å². The van der Waals surface area contributed by atoms with Crippen LogP contribution in [0.3, 0.4) is 0 Å². The Labute approximate surface area is 126 Å². The molecule has 0 spiro atoms. The maximum Gasteiger partial charge on any atom is 0.264 e. The molecule has 3 aromatic rings. The van der Waals surface area contributed by atoms with Gasteiger partial charge in [-0.15, -0.1) is 0 Å². The quantitative estimate of drug-likeness (QED) is 0.805. The summed E-state index contributed by atoms with van der Waals surface area (Å²) in [6.07, 6.45) is 4.25. The molecule has 1 aromatic carbocycles. The largest absolute Gasteiger partial charge is 0.277 e. The van der Waals surface area contributed by atoms with E-state index in [9.17, 15) is 8.42 Å². The monoisotopic (exact) mass is 319 g/mol. The zero-order valence-electron chi connectivity index (χ0n) is 10.7. The second-order valence-corrected chi connectivity index (χ2v) is 6.35. The van der Waals surface area contributed by atoms with Gasteiger partial charge in [-0.05, 0) is 18.2 Å². The molecule has 1 N–H and O–H groups in total. The fraction of sp³-hybridized carbons (Fsp3) is 0. The van der Waals surface area contributed by atoms with Gasteiger partial charge >= 0.3 is 0 Å². The van der Waals surface area contributed by atoms with Crippen molar-refractivity contribution < 1.29 is 8.42 Å². The highest BCUT2D eigenvalue weighted by atomic mass is 35.5. The van der Waals surface area contributed by atoms with Crippen LogP contribution in [0.5, 0.6) is 0 Å². The summed E-state index contributed by atoms with van der Waals surface area (Å²) in [5, 5.41) is 0.959. The Bertz CT molecular complexity index is 907. The molecule has 0 aliphatic heterocycles. The number of halogens is 1. The molecule has 7 heteroatoms. The highest BCUT2D eigenvalue weighted by Crippen LogP contribution is 2.26. The third-order valence-electron chi connectivity index (χ3n) is 2.90. The summed E-state index contributed by atoms with van der Waals surface area (Å²) < 4.78 is 27.3. The van der Waals surface area contributed by atoms with Crippen molar-refractivity contribution in [3.8, 4) is 0 Å². The Morgan fingerprint density at radius 2 is 1.86 bits per heavy atom. The van der Waals surface area contributed by atoms with E-state index in [4.69, 9.17) is 11.6 Å². The number of hydrogen-bond acceptors (Lipinski definition) is 4. The van der Waals surface area contributed by atoms with E-state index in [1.165, 1.54) is 18.5 Å². The van der Waals surface area contributed by atoms with Gasteiger partial charge in [-0.3, -0.25) is 14.7 Å². The maximum atomic E-state index is 12.4. The predicted molar refractivity (Wildman–Crippen MR) is 81.8 cm³/mol. The fourth-order valence-corrected chi connectivity index (χ4v) is 3.45. The van der Waals surface area contributed by atoms with Gasteiger partial charge < -0.3 is 0 Å². The molecule has 21 heavy (non-hydrogen) atoms. The average molecular weight is 320 g/mol. The second kappa shape index (κ2) is 5.31. The third kappa shape index (κ3) is 2.68. The summed E-state index contributed by atoms with van der Waals surface area (Å²) in [6.45, 7) is 0. The Hall–Kier alpha value is -2.18. The average Bonchev–Trinajstić information content (AvgIpc) is 2.47. The van der Waals surface area contributed by atoms with E-state index in [2.05, 4.69) is 14.7 Å². The van der Waals surface area contributed by atoms with Gasteiger partial charge in [0.2, 0.25) is 0 Å². The molecule has 0 radical (unpaired) electrons. The molecule has 0 fully saturated rings. The summed E-state index contributed by atoms with van der Waals surface area (Å²) >= 11 is 5.92. The molecule has 106 valence electrons. The number of nitrogens with one attached hydrogen (secondary N) is 1. The van der Waals surface area contributed by atoms with E-state index < -0.39 is 10.0 Å². The molecular formula is C14H10ClN3O2S. The Kier molecular flexibility index (Phi) is 3.48. The highest BCUT2D eigenvalue weighted by Gasteiger charge is 2.19. The molecule has 0 aliphatic carbocycles. The fourth-order valence-electron chi connectivity index (χ4n) is 1.95. The summed E-state index contributed by atoms with van der Waals surface area (Å²) in [7, 11) is -3.82. The molecule has 0 bridgehead atoms. The van der Waals surface area contributed by atoms with Gasteiger partial charge in [0.1, 0.15) is 4.90 Å². The van der Waals surface area contributed by atoms with Gasteiger partial charge in [0.25, 0.3) is 10.0 Å². The van der Waals surface area contributed by atoms with E-state index in [-0.39, 0.29) is 9.92 Å². The lowest BCUT2D eigenvalue weighted by Crippen LogP contribution is -2.14. The van der Waals surface area contributed by atoms with Crippen LogP contribution in [0.15, 0.2) is 59.9 Å². The van der Waals surface area contributed by atoms with Crippen LogP contribution in [0, 0.1) is 0 Å². The van der Waals surface area contributed by atoms with E-state index in [1.54, 1.807) is 24.4 Å². The van der Waals surface area contributed by atoms with Crippen molar-refractivity contribution in [2.45, 2.75) is 4.90 Å². The minimum absolute atomic E-state index is 0.0698. The first-order chi connectivity index (χ1) is 10.1. The van der Waals surface area contributed by atoms with Crippen molar-refractivity contribution in [3.63, 3.8) is 0 Å². The highest BCUT2D eigenvalue weighted by molar-refractivity contribution is 7.92. The molecule has 2 aromatic heterocycles. The first-order valence-electron chi connectivity index (χ1n) is 6.04. The molecule has 0 unspecified atom stereocenters. The number of benzene rings is 1. The van der Waals surface area contributed by atoms with Gasteiger partial charge in [0, 0.05) is 24.0 Å². The van der Waals surface area contributed by atoms with Crippen molar-refractivity contribution >= 4 is 38.2 Å². The topological polar surface area (TPSA) is 72.0 Å². The predicted octanol–water partition coefficient (Wildman–Crippen LogP) is 3.08. The van der Waals surface area contributed by atoms with Crippen LogP contribution in [0.2, 0.25) is 5.02 Å². The molecule has 3 rings (SSSR count). The molecule has 0 aliphatic rings. The van der Waals surface area contributed by atoms with Crippen molar-refractivity contribution in [1.82, 2.24) is 9.97 Å². The van der Waals surface area contributed by atoms with Crippen molar-refractivity contribution in [2.75, 3.05) is 4.72 Å². The van der Waals surface area contributed by atoms with Crippen LogP contribution in [-0.4, -0.2) is 18.4 Å². The lowest BCUT2D eigenvalue weighted by molar-refractivity contribution is 0.601. The van der Waals surface area contributed by atoms with Crippen LogP contribution in [0.4, 0.5) is 5.69 Å². The summed E-state index contributed by atoms with van der Waals surface area (Å²) in [6, 6.07) is 10.3. The summed E-state index contributed by atoms with van der Waals surface area (Å²) in [5.41, 5.74) is 0.969. The number of hydrogen-bond donors (Lipinski definition) is 1. The first kappa shape index (κ1) is 13.8. The number of para-hydroxylation sites is 1. The molecule has 5 nitrogen and oxygen atoms in total. The number of fused-ring (bicyclic) bond motifs is 1. The lowest BCUT2D eigenvalue weighted by Gasteiger charge is -2.10. The lowest BCUT2D eigenvalue weighted by atomic mass is 10.2. The maximum absolute atomic E-state index is 12.4. The second-order valence-electron chi connectivity index (χ2n) is 4.29. The number of aromatic nitrogens is 2. The number of sulfonamides is 1. The SMILES string of the molecule is O=S(=O)(Nc1cccc2cccnc12)c1cnccc1Cl. The van der Waals surface area contributed by atoms with Crippen LogP contribution in [-0.2, 0) is 10.0 Å². The molecule has 0 saturated carbocycles. The Morgan fingerprint density at radius 1 is 1.05 bits per heavy atom. The minimum atomic E-state index is -3.82. The van der Waals surface area contributed by atoms with E-state index >= 15 is 0 Å². The molecule has 0 amide bonds. The summed E-state index contributed by atoms with van der Waals surface area (Å²) in [4.78, 5) is 7.93. The molecule has 0 saturated heterocycles. The van der Waals surface area contributed by atoms with Gasteiger partial charge in [-0.25, -0.2) is 8.42 Å². The number of nitrogens with zero attached hydrogens (tertiary/aromatic N) is 2. The smallest absolute Gasteiger partial charge is 0.264 e. The van der Waals surface area contributed by atoms with E-state index in [0.717, 1.165) is 5.39 Å². The van der Waals surface area contributed by atoms with Gasteiger partial charge in [0.05, 0.1) is 16.2 Å². The normalized spacial score (nSPS) is 11.5.